The second-order valence-corrected chi connectivity index (χ2v) is 16.5. The van der Waals surface area contributed by atoms with Gasteiger partial charge >= 0.3 is 5.97 Å². The molecule has 1 aliphatic heterocycles. The number of methoxy groups -OCH3 is 1. The third-order valence-electron chi connectivity index (χ3n) is 9.09. The molecular formula is C41H45N3O5S. The van der Waals surface area contributed by atoms with Crippen molar-refractivity contribution in [1.82, 2.24) is 9.55 Å². The Bertz CT molecular complexity index is 2000. The lowest BCUT2D eigenvalue weighted by Gasteiger charge is -2.24. The minimum atomic E-state index is -1.01. The van der Waals surface area contributed by atoms with Gasteiger partial charge in [0.1, 0.15) is 5.75 Å². The Morgan fingerprint density at radius 1 is 1.00 bits per heavy atom. The zero-order valence-electron chi connectivity index (χ0n) is 29.7. The van der Waals surface area contributed by atoms with Crippen LogP contribution in [0.15, 0.2) is 90.0 Å². The molecule has 0 bridgehead atoms. The summed E-state index contributed by atoms with van der Waals surface area (Å²) in [6, 6.07) is 26.1. The van der Waals surface area contributed by atoms with E-state index in [2.05, 4.69) is 66.0 Å². The number of Topliss-reactive ketones (excluding diaryl/α,β-unsaturated/α-hetero) is 1. The van der Waals surface area contributed by atoms with Gasteiger partial charge in [-0.1, -0.05) is 63.2 Å². The van der Waals surface area contributed by atoms with Gasteiger partial charge in [-0.25, -0.2) is 4.98 Å². The van der Waals surface area contributed by atoms with E-state index in [9.17, 15) is 14.7 Å². The van der Waals surface area contributed by atoms with E-state index < -0.39 is 17.5 Å². The van der Waals surface area contributed by atoms with Gasteiger partial charge in [0, 0.05) is 62.7 Å². The number of carbonyl (C=O) groups excluding carboxylic acids is 1. The molecule has 3 heterocycles. The van der Waals surface area contributed by atoms with Crippen LogP contribution in [0, 0.1) is 5.41 Å². The van der Waals surface area contributed by atoms with Crippen molar-refractivity contribution < 1.29 is 24.2 Å². The zero-order chi connectivity index (χ0) is 35.8. The topological polar surface area (TPSA) is 103 Å². The Morgan fingerprint density at radius 3 is 2.34 bits per heavy atom. The van der Waals surface area contributed by atoms with E-state index in [4.69, 9.17) is 9.47 Å². The summed E-state index contributed by atoms with van der Waals surface area (Å²) in [5, 5.41) is 14.7. The maximum absolute atomic E-state index is 13.0. The van der Waals surface area contributed by atoms with Crippen molar-refractivity contribution in [2.45, 2.75) is 82.7 Å². The number of hydrogen-bond acceptors (Lipinski definition) is 7. The normalized spacial score (nSPS) is 15.0. The fraction of sp³-hybridized carbons (Fsp3) is 0.341. The number of nitrogens with zero attached hydrogens (tertiary/aromatic N) is 2. The number of fused-ring (bicyclic) bond motifs is 2. The molecule has 50 heavy (non-hydrogen) atoms. The first-order valence-corrected chi connectivity index (χ1v) is 17.7. The smallest absolute Gasteiger partial charge is 0.309 e. The quantitative estimate of drug-likeness (QED) is 0.125. The van der Waals surface area contributed by atoms with E-state index in [1.807, 2.05) is 48.5 Å². The number of aliphatic carboxylic acids is 1. The standard InChI is InChI=1S/C41H45N3O5S/c1-25(45)37(33-20-28-10-8-9-11-32(28)43-33)49-30-17-18-34-31(21-30)38(50-40(2,3)4)35(22-41(5,6)39(46)47)44(34)24-26-12-14-27(15-13-26)29-16-19-36(48-7)42-23-29/h8-19,21,23,33,37,43H,20,22,24H2,1-7H3,(H,46,47)/t33?,37-/m1/s1. The molecule has 9 heteroatoms. The van der Waals surface area contributed by atoms with Crippen molar-refractivity contribution in [2.24, 2.45) is 5.41 Å². The van der Waals surface area contributed by atoms with E-state index in [1.54, 1.807) is 45.8 Å². The number of carbonyl (C=O) groups is 2. The summed E-state index contributed by atoms with van der Waals surface area (Å²) in [7, 11) is 1.60. The van der Waals surface area contributed by atoms with Gasteiger partial charge < -0.3 is 24.5 Å². The largest absolute Gasteiger partial charge is 0.481 e. The first-order valence-electron chi connectivity index (χ1n) is 16.9. The molecular weight excluding hydrogens is 647 g/mol. The molecule has 0 aliphatic carbocycles. The van der Waals surface area contributed by atoms with Crippen molar-refractivity contribution >= 4 is 40.1 Å². The van der Waals surface area contributed by atoms with Crippen molar-refractivity contribution in [3.05, 3.63) is 102 Å². The lowest BCUT2D eigenvalue weighted by atomic mass is 9.88. The summed E-state index contributed by atoms with van der Waals surface area (Å²) >= 11 is 1.73. The first kappa shape index (κ1) is 35.1. The summed E-state index contributed by atoms with van der Waals surface area (Å²) in [5.74, 6) is 0.272. The van der Waals surface area contributed by atoms with Crippen LogP contribution >= 0.6 is 11.8 Å². The van der Waals surface area contributed by atoms with Crippen LogP contribution < -0.4 is 14.8 Å². The van der Waals surface area contributed by atoms with Crippen LogP contribution in [0.25, 0.3) is 22.0 Å². The Labute approximate surface area is 298 Å². The van der Waals surface area contributed by atoms with Gasteiger partial charge in [0.15, 0.2) is 11.9 Å². The van der Waals surface area contributed by atoms with Crippen molar-refractivity contribution in [2.75, 3.05) is 12.4 Å². The van der Waals surface area contributed by atoms with E-state index >= 15 is 0 Å². The highest BCUT2D eigenvalue weighted by molar-refractivity contribution is 8.00. The fourth-order valence-electron chi connectivity index (χ4n) is 6.46. The third kappa shape index (κ3) is 7.53. The number of benzene rings is 3. The van der Waals surface area contributed by atoms with Crippen molar-refractivity contribution in [3.63, 3.8) is 0 Å². The predicted octanol–water partition coefficient (Wildman–Crippen LogP) is 8.68. The molecule has 1 aliphatic rings. The van der Waals surface area contributed by atoms with Crippen LogP contribution in [0.2, 0.25) is 0 Å². The number of rotatable bonds is 12. The number of carboxylic acid groups (broad SMARTS) is 1. The van der Waals surface area contributed by atoms with Gasteiger partial charge in [0.2, 0.25) is 5.88 Å². The molecule has 2 atom stereocenters. The molecule has 0 radical (unpaired) electrons. The summed E-state index contributed by atoms with van der Waals surface area (Å²) in [6.07, 6.45) is 2.16. The fourth-order valence-corrected chi connectivity index (χ4v) is 7.65. The highest BCUT2D eigenvalue weighted by Gasteiger charge is 2.35. The van der Waals surface area contributed by atoms with Crippen LogP contribution in [0.4, 0.5) is 5.69 Å². The Morgan fingerprint density at radius 2 is 1.72 bits per heavy atom. The molecule has 5 aromatic rings. The van der Waals surface area contributed by atoms with E-state index in [-0.39, 0.29) is 16.6 Å². The summed E-state index contributed by atoms with van der Waals surface area (Å²) < 4.78 is 13.8. The lowest BCUT2D eigenvalue weighted by molar-refractivity contribution is -0.146. The molecule has 0 fully saturated rings. The number of ether oxygens (including phenoxy) is 2. The van der Waals surface area contributed by atoms with Gasteiger partial charge in [-0.15, -0.1) is 11.8 Å². The number of carboxylic acids is 1. The molecule has 0 spiro atoms. The van der Waals surface area contributed by atoms with Gasteiger partial charge in [-0.2, -0.15) is 0 Å². The van der Waals surface area contributed by atoms with Crippen LogP contribution in [0.5, 0.6) is 11.6 Å². The molecule has 260 valence electrons. The third-order valence-corrected chi connectivity index (χ3v) is 10.4. The number of para-hydroxylation sites is 1. The number of hydrogen-bond donors (Lipinski definition) is 2. The highest BCUT2D eigenvalue weighted by atomic mass is 32.2. The average Bonchev–Trinajstić information content (AvgIpc) is 3.62. The van der Waals surface area contributed by atoms with Crippen LogP contribution in [0.1, 0.15) is 58.4 Å². The molecule has 1 unspecified atom stereocenters. The minimum Gasteiger partial charge on any atom is -0.481 e. The SMILES string of the molecule is COc1ccc(-c2ccc(Cn3c(CC(C)(C)C(=O)O)c(SC(C)(C)C)c4cc(O[C@H](C(C)=O)C5Cc6ccccc6N5)ccc43)cc2)cn1. The number of ketones is 1. The summed E-state index contributed by atoms with van der Waals surface area (Å²) in [4.78, 5) is 30.8. The molecule has 2 aromatic heterocycles. The van der Waals surface area contributed by atoms with Crippen LogP contribution in [-0.2, 0) is 29.0 Å². The van der Waals surface area contributed by atoms with E-state index in [0.717, 1.165) is 43.9 Å². The zero-order valence-corrected chi connectivity index (χ0v) is 30.6. The molecule has 0 amide bonds. The average molecular weight is 692 g/mol. The van der Waals surface area contributed by atoms with Gasteiger partial charge in [-0.3, -0.25) is 9.59 Å². The van der Waals surface area contributed by atoms with Crippen molar-refractivity contribution in [3.8, 4) is 22.8 Å². The summed E-state index contributed by atoms with van der Waals surface area (Å²) in [5.41, 5.74) is 6.25. The molecule has 0 saturated carbocycles. The number of pyridine rings is 1. The number of thioether (sulfide) groups is 1. The van der Waals surface area contributed by atoms with E-state index in [0.29, 0.717) is 31.0 Å². The Kier molecular flexibility index (Phi) is 9.73. The second kappa shape index (κ2) is 13.9. The molecule has 3 aromatic carbocycles. The summed E-state index contributed by atoms with van der Waals surface area (Å²) in [6.45, 7) is 12.2. The maximum atomic E-state index is 13.0. The first-order chi connectivity index (χ1) is 23.7. The minimum absolute atomic E-state index is 0.0463. The lowest BCUT2D eigenvalue weighted by Crippen LogP contribution is -2.41. The van der Waals surface area contributed by atoms with Gasteiger partial charge in [0.05, 0.1) is 18.6 Å². The van der Waals surface area contributed by atoms with E-state index in [1.165, 1.54) is 5.56 Å². The Balaban J connectivity index is 1.40. The van der Waals surface area contributed by atoms with Crippen LogP contribution in [-0.4, -0.2) is 50.4 Å². The number of anilines is 1. The number of nitrogens with one attached hydrogen (secondary N) is 1. The van der Waals surface area contributed by atoms with Gasteiger partial charge in [0.25, 0.3) is 0 Å². The molecule has 8 nitrogen and oxygen atoms in total. The van der Waals surface area contributed by atoms with Crippen LogP contribution in [0.3, 0.4) is 0 Å². The second-order valence-electron chi connectivity index (χ2n) is 14.7. The van der Waals surface area contributed by atoms with Crippen molar-refractivity contribution in [1.29, 1.82) is 0 Å². The monoisotopic (exact) mass is 691 g/mol. The molecule has 0 saturated heterocycles. The predicted molar refractivity (Wildman–Crippen MR) is 201 cm³/mol. The molecule has 6 rings (SSSR count). The maximum Gasteiger partial charge on any atom is 0.309 e. The number of aromatic nitrogens is 2. The van der Waals surface area contributed by atoms with Gasteiger partial charge in [-0.05, 0) is 74.2 Å². The molecule has 2 N–H and O–H groups in total. The Hall–Kier alpha value is -4.76. The highest BCUT2D eigenvalue weighted by Crippen LogP contribution is 2.44.